The number of aliphatic hydroxyl groups excluding tert-OH is 1. The quantitative estimate of drug-likeness (QED) is 0.468. The highest BCUT2D eigenvalue weighted by Gasteiger charge is 2.31. The molecule has 5 rings (SSSR count). The number of hydrogen-bond acceptors (Lipinski definition) is 8. The normalized spacial score (nSPS) is 20.6. The fraction of sp³-hybridized carbons (Fsp3) is 0.462. The molecule has 1 saturated heterocycles. The van der Waals surface area contributed by atoms with Gasteiger partial charge in [0.05, 0.1) is 28.5 Å². The van der Waals surface area contributed by atoms with Crippen LogP contribution in [0.1, 0.15) is 55.7 Å². The molecule has 2 fully saturated rings. The third-order valence-electron chi connectivity index (χ3n) is 6.68. The lowest BCUT2D eigenvalue weighted by molar-refractivity contribution is -0.274. The largest absolute Gasteiger partial charge is 0.573 e. The number of anilines is 2. The third-order valence-corrected chi connectivity index (χ3v) is 6.68. The summed E-state index contributed by atoms with van der Waals surface area (Å²) >= 11 is 0. The smallest absolute Gasteiger partial charge is 0.406 e. The maximum absolute atomic E-state index is 12.6. The summed E-state index contributed by atoms with van der Waals surface area (Å²) in [4.78, 5) is 20.6. The van der Waals surface area contributed by atoms with Gasteiger partial charge < -0.3 is 20.1 Å². The second-order valence-electron chi connectivity index (χ2n) is 9.54. The summed E-state index contributed by atoms with van der Waals surface area (Å²) in [5.41, 5.74) is 1.90. The number of aromatic nitrogens is 4. The van der Waals surface area contributed by atoms with Gasteiger partial charge in [-0.05, 0) is 69.7 Å². The van der Waals surface area contributed by atoms with Gasteiger partial charge in [0.2, 0.25) is 0 Å². The Morgan fingerprint density at radius 1 is 0.973 bits per heavy atom. The van der Waals surface area contributed by atoms with Crippen molar-refractivity contribution in [2.24, 2.45) is 0 Å². The number of benzene rings is 1. The van der Waals surface area contributed by atoms with Crippen molar-refractivity contribution in [2.45, 2.75) is 64.0 Å². The van der Waals surface area contributed by atoms with Gasteiger partial charge in [-0.15, -0.1) is 13.2 Å². The summed E-state index contributed by atoms with van der Waals surface area (Å²) in [6, 6.07) is 6.10. The fourth-order valence-corrected chi connectivity index (χ4v) is 4.78. The Labute approximate surface area is 212 Å². The third kappa shape index (κ3) is 6.46. The molecule has 2 aliphatic rings. The fourth-order valence-electron chi connectivity index (χ4n) is 4.78. The first-order valence-electron chi connectivity index (χ1n) is 12.5. The Bertz CT molecular complexity index is 1290. The van der Waals surface area contributed by atoms with E-state index in [4.69, 9.17) is 4.98 Å². The summed E-state index contributed by atoms with van der Waals surface area (Å²) < 4.78 is 41.9. The second-order valence-corrected chi connectivity index (χ2v) is 9.54. The van der Waals surface area contributed by atoms with E-state index < -0.39 is 6.36 Å². The van der Waals surface area contributed by atoms with Crippen molar-refractivity contribution in [3.63, 3.8) is 0 Å². The zero-order valence-electron chi connectivity index (χ0n) is 20.5. The molecule has 1 saturated carbocycles. The van der Waals surface area contributed by atoms with Crippen LogP contribution in [0.15, 0.2) is 24.3 Å². The Kier molecular flexibility index (Phi) is 7.14. The Morgan fingerprint density at radius 3 is 2.46 bits per heavy atom. The van der Waals surface area contributed by atoms with Gasteiger partial charge in [0.15, 0.2) is 5.82 Å². The minimum absolute atomic E-state index is 0.232. The maximum atomic E-state index is 12.6. The van der Waals surface area contributed by atoms with E-state index in [9.17, 15) is 18.3 Å². The first-order valence-corrected chi connectivity index (χ1v) is 12.5. The van der Waals surface area contributed by atoms with Crippen molar-refractivity contribution in [3.05, 3.63) is 41.5 Å². The first-order chi connectivity index (χ1) is 17.7. The van der Waals surface area contributed by atoms with E-state index in [0.717, 1.165) is 63.3 Å². The van der Waals surface area contributed by atoms with Crippen molar-refractivity contribution >= 4 is 34.8 Å². The second kappa shape index (κ2) is 10.5. The van der Waals surface area contributed by atoms with Crippen LogP contribution < -0.4 is 15.0 Å². The number of ether oxygens (including phenoxy) is 1. The van der Waals surface area contributed by atoms with Crippen molar-refractivity contribution in [2.75, 3.05) is 23.3 Å². The number of nitrogens with one attached hydrogen (secondary N) is 1. The molecule has 2 N–H and O–H groups in total. The van der Waals surface area contributed by atoms with Gasteiger partial charge >= 0.3 is 6.36 Å². The van der Waals surface area contributed by atoms with Crippen LogP contribution in [-0.4, -0.2) is 56.6 Å². The van der Waals surface area contributed by atoms with Crippen LogP contribution in [0, 0.1) is 6.92 Å². The van der Waals surface area contributed by atoms with Crippen molar-refractivity contribution in [1.82, 2.24) is 19.9 Å². The molecule has 8 nitrogen and oxygen atoms in total. The molecule has 0 bridgehead atoms. The number of aryl methyl sites for hydroxylation is 1. The lowest BCUT2D eigenvalue weighted by Crippen LogP contribution is -2.29. The summed E-state index contributed by atoms with van der Waals surface area (Å²) in [5, 5.41) is 13.3. The van der Waals surface area contributed by atoms with Crippen LogP contribution in [0.3, 0.4) is 0 Å². The molecule has 1 aliphatic carbocycles. The number of halogens is 3. The Hall–Kier alpha value is -3.47. The molecule has 1 aliphatic heterocycles. The molecule has 11 heteroatoms. The lowest BCUT2D eigenvalue weighted by Gasteiger charge is -2.27. The zero-order chi connectivity index (χ0) is 26.0. The van der Waals surface area contributed by atoms with Crippen molar-refractivity contribution < 1.29 is 23.0 Å². The highest BCUT2D eigenvalue weighted by atomic mass is 19.4. The lowest BCUT2D eigenvalue weighted by atomic mass is 9.93. The van der Waals surface area contributed by atoms with E-state index in [2.05, 4.69) is 29.9 Å². The molecule has 0 atom stereocenters. The van der Waals surface area contributed by atoms with E-state index >= 15 is 0 Å². The topological polar surface area (TPSA) is 96.3 Å². The highest BCUT2D eigenvalue weighted by Crippen LogP contribution is 2.27. The minimum atomic E-state index is -4.78. The van der Waals surface area contributed by atoms with E-state index in [0.29, 0.717) is 28.2 Å². The number of aliphatic hydroxyl groups is 1. The molecule has 2 aromatic heterocycles. The van der Waals surface area contributed by atoms with Gasteiger partial charge in [-0.1, -0.05) is 0 Å². The Balaban J connectivity index is 1.42. The van der Waals surface area contributed by atoms with Crippen LogP contribution >= 0.6 is 0 Å². The minimum Gasteiger partial charge on any atom is -0.406 e. The maximum Gasteiger partial charge on any atom is 0.573 e. The number of fused-ring (bicyclic) bond motifs is 1. The predicted octanol–water partition coefficient (Wildman–Crippen LogP) is 5.11. The molecule has 0 radical (unpaired) electrons. The van der Waals surface area contributed by atoms with E-state index in [1.807, 2.05) is 6.07 Å². The average molecular weight is 515 g/mol. The number of rotatable bonds is 6. The molecule has 37 heavy (non-hydrogen) atoms. The standard InChI is InChI=1S/C26H29F3N6O2/c1-16-20(32-22-14-19(37-26(27,28)29)8-9-21(22)30-16)10-11-23-33-24(31-17-4-6-18(36)7-5-17)15-25(34-23)35-12-2-3-13-35/h8-11,14-15,17-18,36H,2-7,12-13H2,1H3,(H,31,33,34)/b11-10+. The van der Waals surface area contributed by atoms with Gasteiger partial charge in [0, 0.05) is 31.3 Å². The van der Waals surface area contributed by atoms with Gasteiger partial charge in [0.1, 0.15) is 17.4 Å². The summed E-state index contributed by atoms with van der Waals surface area (Å²) in [6.45, 7) is 3.66. The molecule has 1 aromatic carbocycles. The van der Waals surface area contributed by atoms with Gasteiger partial charge in [-0.25, -0.2) is 19.9 Å². The summed E-state index contributed by atoms with van der Waals surface area (Å²) in [7, 11) is 0. The van der Waals surface area contributed by atoms with Crippen LogP contribution in [0.25, 0.3) is 23.2 Å². The van der Waals surface area contributed by atoms with Crippen LogP contribution in [0.4, 0.5) is 24.8 Å². The highest BCUT2D eigenvalue weighted by molar-refractivity contribution is 5.79. The van der Waals surface area contributed by atoms with Crippen molar-refractivity contribution in [1.29, 1.82) is 0 Å². The van der Waals surface area contributed by atoms with E-state index in [1.54, 1.807) is 19.1 Å². The molecule has 3 heterocycles. The number of hydrogen-bond donors (Lipinski definition) is 2. The first kappa shape index (κ1) is 25.2. The predicted molar refractivity (Wildman–Crippen MR) is 135 cm³/mol. The van der Waals surface area contributed by atoms with E-state index in [1.165, 1.54) is 18.2 Å². The number of nitrogens with zero attached hydrogens (tertiary/aromatic N) is 5. The summed E-state index contributed by atoms with van der Waals surface area (Å²) in [6.07, 6.45) is 3.97. The SMILES string of the molecule is Cc1nc2ccc(OC(F)(F)F)cc2nc1/C=C/c1nc(NC2CCC(O)CC2)cc(N2CCCC2)n1. The molecule has 0 unspecified atom stereocenters. The number of alkyl halides is 3. The van der Waals surface area contributed by atoms with Crippen LogP contribution in [-0.2, 0) is 0 Å². The molecule has 0 amide bonds. The summed E-state index contributed by atoms with van der Waals surface area (Å²) in [5.74, 6) is 1.73. The molecular formula is C26H29F3N6O2. The van der Waals surface area contributed by atoms with E-state index in [-0.39, 0.29) is 17.9 Å². The average Bonchev–Trinajstić information content (AvgIpc) is 3.39. The van der Waals surface area contributed by atoms with Crippen LogP contribution in [0.5, 0.6) is 5.75 Å². The monoisotopic (exact) mass is 514 g/mol. The van der Waals surface area contributed by atoms with Gasteiger partial charge in [-0.2, -0.15) is 0 Å². The Morgan fingerprint density at radius 2 is 1.73 bits per heavy atom. The molecule has 196 valence electrons. The van der Waals surface area contributed by atoms with Crippen LogP contribution in [0.2, 0.25) is 0 Å². The van der Waals surface area contributed by atoms with Gasteiger partial charge in [0.25, 0.3) is 0 Å². The van der Waals surface area contributed by atoms with Gasteiger partial charge in [-0.3, -0.25) is 0 Å². The zero-order valence-corrected chi connectivity index (χ0v) is 20.5. The molecule has 0 spiro atoms. The van der Waals surface area contributed by atoms with Crippen molar-refractivity contribution in [3.8, 4) is 5.75 Å². The molecular weight excluding hydrogens is 485 g/mol. The molecule has 3 aromatic rings.